The minimum atomic E-state index is -0.913. The summed E-state index contributed by atoms with van der Waals surface area (Å²) in [5.41, 5.74) is 3.06. The van der Waals surface area contributed by atoms with Crippen LogP contribution < -0.4 is 0 Å². The van der Waals surface area contributed by atoms with Crippen molar-refractivity contribution in [2.75, 3.05) is 0 Å². The van der Waals surface area contributed by atoms with Gasteiger partial charge in [-0.05, 0) is 35.1 Å². The molecule has 3 aromatic rings. The number of carboxylic acids is 1. The zero-order chi connectivity index (χ0) is 20.1. The van der Waals surface area contributed by atoms with Gasteiger partial charge in [0.1, 0.15) is 5.82 Å². The fourth-order valence-electron chi connectivity index (χ4n) is 3.28. The van der Waals surface area contributed by atoms with Crippen molar-refractivity contribution in [2.24, 2.45) is 5.92 Å². The van der Waals surface area contributed by atoms with Gasteiger partial charge in [-0.3, -0.25) is 0 Å². The molecule has 0 unspecified atom stereocenters. The Hall–Kier alpha value is -2.95. The standard InChI is InChI=1S/C23H27N3O2/c1-4-7-21-24-22(14-16(2)3)26(25-21)15-17-10-12-18(13-11-17)19-8-5-6-9-20(19)23(27)28/h5-6,8-13,16H,4,7,14-15H2,1-3H3,(H,27,28). The normalized spacial score (nSPS) is 11.1. The van der Waals surface area contributed by atoms with E-state index in [4.69, 9.17) is 10.1 Å². The van der Waals surface area contributed by atoms with Crippen molar-refractivity contribution >= 4 is 5.97 Å². The molecule has 0 fully saturated rings. The Kier molecular flexibility index (Phi) is 6.24. The van der Waals surface area contributed by atoms with Crippen LogP contribution in [-0.2, 0) is 19.4 Å². The van der Waals surface area contributed by atoms with Crippen LogP contribution >= 0.6 is 0 Å². The number of hydrogen-bond acceptors (Lipinski definition) is 3. The van der Waals surface area contributed by atoms with Gasteiger partial charge < -0.3 is 5.11 Å². The van der Waals surface area contributed by atoms with E-state index in [1.165, 1.54) is 0 Å². The molecule has 28 heavy (non-hydrogen) atoms. The first-order valence-corrected chi connectivity index (χ1v) is 9.82. The van der Waals surface area contributed by atoms with Crippen LogP contribution in [0.4, 0.5) is 0 Å². The SMILES string of the molecule is CCCc1nc(CC(C)C)n(Cc2ccc(-c3ccccc3C(=O)O)cc2)n1. The minimum Gasteiger partial charge on any atom is -0.478 e. The molecule has 0 aliphatic heterocycles. The lowest BCUT2D eigenvalue weighted by molar-refractivity contribution is 0.0697. The minimum absolute atomic E-state index is 0.315. The quantitative estimate of drug-likeness (QED) is 0.610. The van der Waals surface area contributed by atoms with E-state index in [2.05, 4.69) is 20.8 Å². The first kappa shape index (κ1) is 19.8. The maximum Gasteiger partial charge on any atom is 0.336 e. The van der Waals surface area contributed by atoms with E-state index in [-0.39, 0.29) is 0 Å². The molecule has 0 aliphatic carbocycles. The van der Waals surface area contributed by atoms with Gasteiger partial charge in [0.25, 0.3) is 0 Å². The molecular weight excluding hydrogens is 350 g/mol. The molecule has 5 heteroatoms. The van der Waals surface area contributed by atoms with Gasteiger partial charge in [0, 0.05) is 12.8 Å². The van der Waals surface area contributed by atoms with Gasteiger partial charge in [-0.2, -0.15) is 5.10 Å². The second-order valence-corrected chi connectivity index (χ2v) is 7.50. The lowest BCUT2D eigenvalue weighted by atomic mass is 9.99. The van der Waals surface area contributed by atoms with E-state index >= 15 is 0 Å². The smallest absolute Gasteiger partial charge is 0.336 e. The van der Waals surface area contributed by atoms with Crippen LogP contribution in [0, 0.1) is 5.92 Å². The average Bonchev–Trinajstić information content (AvgIpc) is 3.03. The van der Waals surface area contributed by atoms with Crippen LogP contribution in [0.2, 0.25) is 0 Å². The van der Waals surface area contributed by atoms with E-state index < -0.39 is 5.97 Å². The first-order chi connectivity index (χ1) is 13.5. The highest BCUT2D eigenvalue weighted by Crippen LogP contribution is 2.24. The molecule has 0 amide bonds. The van der Waals surface area contributed by atoms with Crippen LogP contribution in [0.5, 0.6) is 0 Å². The van der Waals surface area contributed by atoms with Crippen molar-refractivity contribution in [1.29, 1.82) is 0 Å². The predicted octanol–water partition coefficient (Wildman–Crippen LogP) is 4.84. The molecule has 146 valence electrons. The third-order valence-electron chi connectivity index (χ3n) is 4.61. The van der Waals surface area contributed by atoms with Gasteiger partial charge in [0.15, 0.2) is 5.82 Å². The molecule has 0 saturated carbocycles. The van der Waals surface area contributed by atoms with Gasteiger partial charge in [0.2, 0.25) is 0 Å². The van der Waals surface area contributed by atoms with Crippen molar-refractivity contribution in [2.45, 2.75) is 46.6 Å². The third kappa shape index (κ3) is 4.66. The van der Waals surface area contributed by atoms with Crippen molar-refractivity contribution in [3.8, 4) is 11.1 Å². The molecule has 2 aromatic carbocycles. The molecule has 5 nitrogen and oxygen atoms in total. The molecule has 0 spiro atoms. The molecule has 1 heterocycles. The summed E-state index contributed by atoms with van der Waals surface area (Å²) >= 11 is 0. The van der Waals surface area contributed by atoms with E-state index in [1.807, 2.05) is 41.1 Å². The Morgan fingerprint density at radius 3 is 2.46 bits per heavy atom. The molecule has 1 N–H and O–H groups in total. The van der Waals surface area contributed by atoms with Gasteiger partial charge >= 0.3 is 5.97 Å². The lowest BCUT2D eigenvalue weighted by Crippen LogP contribution is -2.09. The number of rotatable bonds is 8. The number of aryl methyl sites for hydroxylation is 1. The summed E-state index contributed by atoms with van der Waals surface area (Å²) in [4.78, 5) is 16.2. The molecule has 0 aliphatic rings. The molecule has 3 rings (SSSR count). The third-order valence-corrected chi connectivity index (χ3v) is 4.61. The summed E-state index contributed by atoms with van der Waals surface area (Å²) in [6.45, 7) is 7.18. The highest BCUT2D eigenvalue weighted by molar-refractivity contribution is 5.95. The summed E-state index contributed by atoms with van der Waals surface area (Å²) in [5.74, 6) is 1.54. The van der Waals surface area contributed by atoms with Crippen molar-refractivity contribution in [3.63, 3.8) is 0 Å². The van der Waals surface area contributed by atoms with Gasteiger partial charge in [0.05, 0.1) is 12.1 Å². The highest BCUT2D eigenvalue weighted by atomic mass is 16.4. The van der Waals surface area contributed by atoms with Crippen LogP contribution in [0.1, 0.15) is 54.8 Å². The van der Waals surface area contributed by atoms with Crippen LogP contribution in [0.3, 0.4) is 0 Å². The maximum atomic E-state index is 11.5. The number of carbonyl (C=O) groups is 1. The molecule has 0 saturated heterocycles. The zero-order valence-electron chi connectivity index (χ0n) is 16.7. The average molecular weight is 377 g/mol. The molecule has 1 aromatic heterocycles. The first-order valence-electron chi connectivity index (χ1n) is 9.82. The van der Waals surface area contributed by atoms with Crippen LogP contribution in [-0.4, -0.2) is 25.8 Å². The van der Waals surface area contributed by atoms with Gasteiger partial charge in [-0.1, -0.05) is 63.2 Å². The monoisotopic (exact) mass is 377 g/mol. The molecular formula is C23H27N3O2. The summed E-state index contributed by atoms with van der Waals surface area (Å²) in [7, 11) is 0. The Morgan fingerprint density at radius 2 is 1.82 bits per heavy atom. The molecule has 0 bridgehead atoms. The predicted molar refractivity (Wildman–Crippen MR) is 110 cm³/mol. The van der Waals surface area contributed by atoms with Gasteiger partial charge in [-0.25, -0.2) is 14.5 Å². The van der Waals surface area contributed by atoms with E-state index in [0.717, 1.165) is 47.6 Å². The second kappa shape index (κ2) is 8.83. The number of carboxylic acid groups (broad SMARTS) is 1. The van der Waals surface area contributed by atoms with Crippen molar-refractivity contribution < 1.29 is 9.90 Å². The molecule has 0 radical (unpaired) electrons. The lowest BCUT2D eigenvalue weighted by Gasteiger charge is -2.10. The van der Waals surface area contributed by atoms with Crippen molar-refractivity contribution in [1.82, 2.24) is 14.8 Å². The fourth-order valence-corrected chi connectivity index (χ4v) is 3.28. The summed E-state index contributed by atoms with van der Waals surface area (Å²) < 4.78 is 2.01. The maximum absolute atomic E-state index is 11.5. The van der Waals surface area contributed by atoms with E-state index in [1.54, 1.807) is 12.1 Å². The van der Waals surface area contributed by atoms with Crippen LogP contribution in [0.15, 0.2) is 48.5 Å². The second-order valence-electron chi connectivity index (χ2n) is 7.50. The van der Waals surface area contributed by atoms with Crippen LogP contribution in [0.25, 0.3) is 11.1 Å². The Morgan fingerprint density at radius 1 is 1.11 bits per heavy atom. The largest absolute Gasteiger partial charge is 0.478 e. The number of hydrogen-bond donors (Lipinski definition) is 1. The Labute approximate surface area is 166 Å². The number of aromatic carboxylic acids is 1. The summed E-state index contributed by atoms with van der Waals surface area (Å²) in [6, 6.07) is 15.1. The van der Waals surface area contributed by atoms with Gasteiger partial charge in [-0.15, -0.1) is 0 Å². The fraction of sp³-hybridized carbons (Fsp3) is 0.348. The summed E-state index contributed by atoms with van der Waals surface area (Å²) in [6.07, 6.45) is 2.83. The number of nitrogens with zero attached hydrogens (tertiary/aromatic N) is 3. The highest BCUT2D eigenvalue weighted by Gasteiger charge is 2.13. The van der Waals surface area contributed by atoms with E-state index in [9.17, 15) is 9.90 Å². The Bertz CT molecular complexity index is 943. The zero-order valence-corrected chi connectivity index (χ0v) is 16.7. The summed E-state index contributed by atoms with van der Waals surface area (Å²) in [5, 5.41) is 14.1. The topological polar surface area (TPSA) is 68.0 Å². The molecule has 0 atom stereocenters. The number of benzene rings is 2. The van der Waals surface area contributed by atoms with Crippen molar-refractivity contribution in [3.05, 3.63) is 71.3 Å². The number of aromatic nitrogens is 3. The Balaban J connectivity index is 1.84. The van der Waals surface area contributed by atoms with E-state index in [0.29, 0.717) is 18.0 Å².